The summed E-state index contributed by atoms with van der Waals surface area (Å²) in [4.78, 5) is 0.949. The van der Waals surface area contributed by atoms with Crippen molar-refractivity contribution in [2.75, 3.05) is 19.8 Å². The number of aryl methyl sites for hydroxylation is 1. The maximum atomic E-state index is 13.1. The smallest absolute Gasteiger partial charge is 0.253 e. The van der Waals surface area contributed by atoms with Crippen molar-refractivity contribution < 1.29 is 17.5 Å². The van der Waals surface area contributed by atoms with Gasteiger partial charge >= 0.3 is 0 Å². The molecular formula is C15H16FNO3S2. The Balaban J connectivity index is 1.97. The largest absolute Gasteiger partial charge is 0.378 e. The maximum Gasteiger partial charge on any atom is 0.253 e. The van der Waals surface area contributed by atoms with Gasteiger partial charge in [0.05, 0.1) is 19.3 Å². The Morgan fingerprint density at radius 3 is 2.59 bits per heavy atom. The van der Waals surface area contributed by atoms with Crippen molar-refractivity contribution in [3.63, 3.8) is 0 Å². The second-order valence-electron chi connectivity index (χ2n) is 5.12. The van der Waals surface area contributed by atoms with Gasteiger partial charge in [-0.15, -0.1) is 11.3 Å². The van der Waals surface area contributed by atoms with Gasteiger partial charge < -0.3 is 4.74 Å². The molecule has 1 aliphatic heterocycles. The minimum atomic E-state index is -3.57. The number of ether oxygens (including phenoxy) is 1. The minimum Gasteiger partial charge on any atom is -0.378 e. The van der Waals surface area contributed by atoms with E-state index in [0.29, 0.717) is 17.4 Å². The van der Waals surface area contributed by atoms with E-state index in [-0.39, 0.29) is 12.4 Å². The quantitative estimate of drug-likeness (QED) is 0.862. The summed E-state index contributed by atoms with van der Waals surface area (Å²) in [5.74, 6) is -0.344. The summed E-state index contributed by atoms with van der Waals surface area (Å²) in [6.45, 7) is 2.80. The fourth-order valence-corrected chi connectivity index (χ4v) is 5.49. The predicted octanol–water partition coefficient (Wildman–Crippen LogP) is 2.96. The van der Waals surface area contributed by atoms with Crippen molar-refractivity contribution in [3.05, 3.63) is 52.7 Å². The predicted molar refractivity (Wildman–Crippen MR) is 82.9 cm³/mol. The molecule has 0 amide bonds. The zero-order valence-corrected chi connectivity index (χ0v) is 13.7. The average Bonchev–Trinajstić information content (AvgIpc) is 2.95. The first-order valence-electron chi connectivity index (χ1n) is 6.90. The van der Waals surface area contributed by atoms with E-state index in [1.165, 1.54) is 27.8 Å². The van der Waals surface area contributed by atoms with Gasteiger partial charge in [0.15, 0.2) is 0 Å². The summed E-state index contributed by atoms with van der Waals surface area (Å²) in [6.07, 6.45) is 0. The molecule has 0 spiro atoms. The topological polar surface area (TPSA) is 46.6 Å². The van der Waals surface area contributed by atoms with Gasteiger partial charge in [0.2, 0.25) is 0 Å². The molecule has 2 heterocycles. The van der Waals surface area contributed by atoms with Crippen LogP contribution < -0.4 is 0 Å². The van der Waals surface area contributed by atoms with Crippen molar-refractivity contribution >= 4 is 21.4 Å². The van der Waals surface area contributed by atoms with Gasteiger partial charge in [0.1, 0.15) is 10.0 Å². The third-order valence-electron chi connectivity index (χ3n) is 3.61. The molecule has 1 atom stereocenters. The molecule has 1 unspecified atom stereocenters. The minimum absolute atomic E-state index is 0.273. The molecule has 118 valence electrons. The third-order valence-corrected chi connectivity index (χ3v) is 6.99. The number of rotatable bonds is 3. The first kappa shape index (κ1) is 15.6. The van der Waals surface area contributed by atoms with Crippen LogP contribution in [0.2, 0.25) is 0 Å². The Kier molecular flexibility index (Phi) is 4.31. The number of hydrogen-bond donors (Lipinski definition) is 0. The lowest BCUT2D eigenvalue weighted by Crippen LogP contribution is -2.43. The van der Waals surface area contributed by atoms with E-state index in [2.05, 4.69) is 0 Å². The molecule has 3 rings (SSSR count). The van der Waals surface area contributed by atoms with Crippen LogP contribution in [0, 0.1) is 12.7 Å². The number of halogens is 1. The van der Waals surface area contributed by atoms with E-state index in [1.807, 2.05) is 6.92 Å². The molecule has 22 heavy (non-hydrogen) atoms. The average molecular weight is 341 g/mol. The van der Waals surface area contributed by atoms with Crippen LogP contribution in [0.1, 0.15) is 16.5 Å². The highest BCUT2D eigenvalue weighted by Gasteiger charge is 2.35. The van der Waals surface area contributed by atoms with E-state index in [1.54, 1.807) is 24.3 Å². The molecule has 1 aliphatic rings. The lowest BCUT2D eigenvalue weighted by Gasteiger charge is -2.34. The van der Waals surface area contributed by atoms with Crippen LogP contribution in [0.15, 0.2) is 40.6 Å². The first-order valence-corrected chi connectivity index (χ1v) is 9.15. The van der Waals surface area contributed by atoms with Gasteiger partial charge in [0.25, 0.3) is 10.0 Å². The molecule has 0 radical (unpaired) electrons. The van der Waals surface area contributed by atoms with Gasteiger partial charge in [-0.3, -0.25) is 0 Å². The highest BCUT2D eigenvalue weighted by molar-refractivity contribution is 7.91. The Bertz CT molecular complexity index is 755. The lowest BCUT2D eigenvalue weighted by molar-refractivity contribution is 0.0321. The molecule has 7 heteroatoms. The van der Waals surface area contributed by atoms with Crippen LogP contribution >= 0.6 is 11.3 Å². The molecule has 2 aromatic rings. The van der Waals surface area contributed by atoms with Gasteiger partial charge in [0, 0.05) is 11.4 Å². The van der Waals surface area contributed by atoms with Crippen molar-refractivity contribution in [1.82, 2.24) is 4.31 Å². The molecule has 0 aliphatic carbocycles. The van der Waals surface area contributed by atoms with Gasteiger partial charge in [-0.1, -0.05) is 12.1 Å². The standard InChI is InChI=1S/C15H16FNO3S2/c1-11-2-7-15(21-11)22(18,19)17-8-9-20-10-14(17)12-3-5-13(16)6-4-12/h2-7,14H,8-10H2,1H3. The van der Waals surface area contributed by atoms with Crippen molar-refractivity contribution in [3.8, 4) is 0 Å². The molecule has 0 saturated carbocycles. The first-order chi connectivity index (χ1) is 10.5. The normalized spacial score (nSPS) is 20.2. The van der Waals surface area contributed by atoms with E-state index < -0.39 is 16.1 Å². The molecule has 1 aromatic heterocycles. The Labute approximate surface area is 133 Å². The van der Waals surface area contributed by atoms with E-state index in [4.69, 9.17) is 4.74 Å². The maximum absolute atomic E-state index is 13.1. The summed E-state index contributed by atoms with van der Waals surface area (Å²) in [5, 5.41) is 0. The fraction of sp³-hybridized carbons (Fsp3) is 0.333. The number of nitrogens with zero attached hydrogens (tertiary/aromatic N) is 1. The fourth-order valence-electron chi connectivity index (χ4n) is 2.49. The number of sulfonamides is 1. The molecule has 0 N–H and O–H groups in total. The number of benzene rings is 1. The van der Waals surface area contributed by atoms with E-state index in [9.17, 15) is 12.8 Å². The Morgan fingerprint density at radius 1 is 1.23 bits per heavy atom. The van der Waals surface area contributed by atoms with Crippen LogP contribution in [0.3, 0.4) is 0 Å². The van der Waals surface area contributed by atoms with E-state index >= 15 is 0 Å². The van der Waals surface area contributed by atoms with Crippen molar-refractivity contribution in [1.29, 1.82) is 0 Å². The van der Waals surface area contributed by atoms with Gasteiger partial charge in [-0.05, 0) is 36.8 Å². The molecule has 1 aromatic carbocycles. The summed E-state index contributed by atoms with van der Waals surface area (Å²) >= 11 is 1.26. The Morgan fingerprint density at radius 2 is 1.95 bits per heavy atom. The van der Waals surface area contributed by atoms with Crippen LogP contribution in [0.5, 0.6) is 0 Å². The third kappa shape index (κ3) is 2.94. The molecule has 0 bridgehead atoms. The molecular weight excluding hydrogens is 325 g/mol. The summed E-state index contributed by atoms with van der Waals surface area (Å²) < 4.78 is 46.0. The highest BCUT2D eigenvalue weighted by atomic mass is 32.2. The van der Waals surface area contributed by atoms with Crippen LogP contribution in [0.25, 0.3) is 0 Å². The second-order valence-corrected chi connectivity index (χ2v) is 8.53. The molecule has 1 fully saturated rings. The number of hydrogen-bond acceptors (Lipinski definition) is 4. The summed E-state index contributed by atoms with van der Waals surface area (Å²) in [7, 11) is -3.57. The SMILES string of the molecule is Cc1ccc(S(=O)(=O)N2CCOCC2c2ccc(F)cc2)s1. The number of thiophene rings is 1. The number of morpholine rings is 1. The zero-order chi connectivity index (χ0) is 15.7. The Hall–Kier alpha value is -1.28. The highest BCUT2D eigenvalue weighted by Crippen LogP contribution is 2.32. The van der Waals surface area contributed by atoms with Gasteiger partial charge in [-0.25, -0.2) is 12.8 Å². The molecule has 4 nitrogen and oxygen atoms in total. The summed E-state index contributed by atoms with van der Waals surface area (Å²) in [5.41, 5.74) is 0.734. The summed E-state index contributed by atoms with van der Waals surface area (Å²) in [6, 6.07) is 8.89. The van der Waals surface area contributed by atoms with Gasteiger partial charge in [-0.2, -0.15) is 4.31 Å². The monoisotopic (exact) mass is 341 g/mol. The zero-order valence-electron chi connectivity index (χ0n) is 12.0. The van der Waals surface area contributed by atoms with Crippen LogP contribution in [-0.4, -0.2) is 32.5 Å². The second kappa shape index (κ2) is 6.08. The van der Waals surface area contributed by atoms with Crippen LogP contribution in [0.4, 0.5) is 4.39 Å². The lowest BCUT2D eigenvalue weighted by atomic mass is 10.1. The van der Waals surface area contributed by atoms with Crippen molar-refractivity contribution in [2.24, 2.45) is 0 Å². The molecule has 1 saturated heterocycles. The van der Waals surface area contributed by atoms with Crippen molar-refractivity contribution in [2.45, 2.75) is 17.2 Å². The van der Waals surface area contributed by atoms with E-state index in [0.717, 1.165) is 10.4 Å². The van der Waals surface area contributed by atoms with Crippen LogP contribution in [-0.2, 0) is 14.8 Å².